The second kappa shape index (κ2) is 12.5. The number of nitrogens with zero attached hydrogens (tertiary/aromatic N) is 5. The summed E-state index contributed by atoms with van der Waals surface area (Å²) in [6, 6.07) is 15.6. The maximum atomic E-state index is 14.0. The quantitative estimate of drug-likeness (QED) is 0.466. The van der Waals surface area contributed by atoms with Gasteiger partial charge >= 0.3 is 0 Å². The van der Waals surface area contributed by atoms with E-state index in [1.54, 1.807) is 33.5 Å². The summed E-state index contributed by atoms with van der Waals surface area (Å²) in [6.45, 7) is 4.87. The van der Waals surface area contributed by atoms with E-state index in [9.17, 15) is 4.79 Å². The summed E-state index contributed by atoms with van der Waals surface area (Å²) in [5.41, 5.74) is 1.87. The van der Waals surface area contributed by atoms with Crippen LogP contribution in [0.25, 0.3) is 0 Å². The van der Waals surface area contributed by atoms with Crippen molar-refractivity contribution < 1.29 is 19.0 Å². The summed E-state index contributed by atoms with van der Waals surface area (Å²) < 4.78 is 17.3. The van der Waals surface area contributed by atoms with Crippen LogP contribution in [0.3, 0.4) is 0 Å². The molecule has 0 aliphatic carbocycles. The van der Waals surface area contributed by atoms with Gasteiger partial charge in [0, 0.05) is 47.4 Å². The van der Waals surface area contributed by atoms with Gasteiger partial charge in [0.2, 0.25) is 5.91 Å². The molecule has 0 bridgehead atoms. The molecule has 2 saturated heterocycles. The van der Waals surface area contributed by atoms with Gasteiger partial charge in [-0.15, -0.1) is 10.2 Å². The Labute approximate surface area is 225 Å². The highest BCUT2D eigenvalue weighted by atomic mass is 16.5. The van der Waals surface area contributed by atoms with Crippen LogP contribution in [-0.2, 0) is 24.6 Å². The van der Waals surface area contributed by atoms with Gasteiger partial charge in [0.1, 0.15) is 17.8 Å². The highest BCUT2D eigenvalue weighted by molar-refractivity contribution is 5.81. The molecule has 0 saturated carbocycles. The molecule has 38 heavy (non-hydrogen) atoms. The van der Waals surface area contributed by atoms with E-state index in [0.29, 0.717) is 45.0 Å². The van der Waals surface area contributed by atoms with Crippen molar-refractivity contribution in [2.75, 3.05) is 59.0 Å². The number of amides is 1. The van der Waals surface area contributed by atoms with Gasteiger partial charge in [-0.05, 0) is 37.0 Å². The number of carbonyl (C=O) groups is 1. The Morgan fingerprint density at radius 2 is 1.92 bits per heavy atom. The van der Waals surface area contributed by atoms with E-state index in [2.05, 4.69) is 33.3 Å². The first kappa shape index (κ1) is 27.7. The summed E-state index contributed by atoms with van der Waals surface area (Å²) in [7, 11) is 5.08. The lowest BCUT2D eigenvalue weighted by atomic mass is 9.81. The average molecular weight is 520 g/mol. The number of ether oxygens (including phenoxy) is 3. The number of hydrogen-bond acceptors (Lipinski definition) is 8. The highest BCUT2D eigenvalue weighted by Gasteiger charge is 2.48. The molecular weight excluding hydrogens is 482 g/mol. The van der Waals surface area contributed by atoms with Crippen molar-refractivity contribution in [3.8, 4) is 6.07 Å². The molecule has 2 aliphatic heterocycles. The monoisotopic (exact) mass is 519 g/mol. The molecule has 4 rings (SSSR count). The minimum absolute atomic E-state index is 0.107. The minimum atomic E-state index is -0.605. The predicted octanol–water partition coefficient (Wildman–Crippen LogP) is 3.17. The molecule has 1 aromatic carbocycles. The summed E-state index contributed by atoms with van der Waals surface area (Å²) in [6.07, 6.45) is 3.28. The molecule has 2 aromatic rings. The van der Waals surface area contributed by atoms with Crippen LogP contribution in [0.4, 0.5) is 5.82 Å². The maximum Gasteiger partial charge on any atom is 0.227 e. The first-order valence-electron chi connectivity index (χ1n) is 13.0. The maximum absolute atomic E-state index is 14.0. The lowest BCUT2D eigenvalue weighted by Gasteiger charge is -2.47. The molecule has 2 fully saturated rings. The summed E-state index contributed by atoms with van der Waals surface area (Å²) in [5, 5.41) is 17.3. The third-order valence-electron chi connectivity index (χ3n) is 7.87. The Hall–Kier alpha value is -3.32. The molecule has 0 unspecified atom stereocenters. The molecule has 1 amide bonds. The van der Waals surface area contributed by atoms with Crippen molar-refractivity contribution in [2.45, 2.75) is 31.5 Å². The lowest BCUT2D eigenvalue weighted by Crippen LogP contribution is -2.57. The number of allylic oxidation sites excluding steroid dienone is 1. The predicted molar refractivity (Wildman–Crippen MR) is 143 cm³/mol. The van der Waals surface area contributed by atoms with Crippen molar-refractivity contribution in [1.82, 2.24) is 15.1 Å². The van der Waals surface area contributed by atoms with E-state index in [1.807, 2.05) is 36.1 Å². The van der Waals surface area contributed by atoms with E-state index >= 15 is 0 Å². The molecule has 0 spiro atoms. The molecule has 9 heteroatoms. The Kier molecular flexibility index (Phi) is 9.10. The van der Waals surface area contributed by atoms with Crippen molar-refractivity contribution in [1.29, 1.82) is 5.26 Å². The Bertz CT molecular complexity index is 1150. The Morgan fingerprint density at radius 1 is 1.13 bits per heavy atom. The van der Waals surface area contributed by atoms with Crippen LogP contribution < -0.4 is 4.90 Å². The summed E-state index contributed by atoms with van der Waals surface area (Å²) in [4.78, 5) is 18.1. The molecule has 0 radical (unpaired) electrons. The molecular formula is C29H37N5O4. The zero-order valence-corrected chi connectivity index (χ0v) is 22.7. The van der Waals surface area contributed by atoms with Crippen LogP contribution in [0.1, 0.15) is 31.0 Å². The molecule has 202 valence electrons. The normalized spacial score (nSPS) is 25.9. The first-order chi connectivity index (χ1) is 18.4. The van der Waals surface area contributed by atoms with E-state index < -0.39 is 5.60 Å². The SMILES string of the molecule is COCC(C)=CC[C@H]1CN(c2ccc(C#N)nn2)C[C@H]1C(=O)N1CC[C@](OC)(c2ccccc2)[C@@H](OC)C1. The number of nitriles is 1. The van der Waals surface area contributed by atoms with Gasteiger partial charge in [0.05, 0.1) is 19.1 Å². The average Bonchev–Trinajstić information content (AvgIpc) is 3.40. The Morgan fingerprint density at radius 3 is 2.55 bits per heavy atom. The number of anilines is 1. The summed E-state index contributed by atoms with van der Waals surface area (Å²) >= 11 is 0. The van der Waals surface area contributed by atoms with Crippen molar-refractivity contribution in [2.24, 2.45) is 11.8 Å². The Balaban J connectivity index is 1.55. The van der Waals surface area contributed by atoms with E-state index in [1.165, 1.54) is 0 Å². The first-order valence-corrected chi connectivity index (χ1v) is 13.0. The standard InChI is InChI=1S/C29H37N5O4/c1-21(20-36-2)10-11-22-17-34(27-13-12-24(16-30)31-32-27)18-25(22)28(35)33-15-14-29(38-4,26(19-33)37-3)23-8-6-5-7-9-23/h5-10,12-13,22,25-26H,11,14-15,17-20H2,1-4H3/t22-,25+,26-,29-/m0/s1. The zero-order valence-electron chi connectivity index (χ0n) is 22.7. The fourth-order valence-electron chi connectivity index (χ4n) is 5.77. The number of methoxy groups -OCH3 is 3. The van der Waals surface area contributed by atoms with E-state index in [-0.39, 0.29) is 29.5 Å². The topological polar surface area (TPSA) is 101 Å². The van der Waals surface area contributed by atoms with Gasteiger partial charge in [-0.25, -0.2) is 0 Å². The van der Waals surface area contributed by atoms with Crippen molar-refractivity contribution in [3.63, 3.8) is 0 Å². The van der Waals surface area contributed by atoms with Gasteiger partial charge in [-0.3, -0.25) is 4.79 Å². The van der Waals surface area contributed by atoms with Gasteiger partial charge in [-0.2, -0.15) is 5.26 Å². The number of hydrogen-bond donors (Lipinski definition) is 0. The van der Waals surface area contributed by atoms with Gasteiger partial charge < -0.3 is 24.0 Å². The number of carbonyl (C=O) groups excluding carboxylic acids is 1. The molecule has 4 atom stereocenters. The molecule has 0 N–H and O–H groups in total. The second-order valence-corrected chi connectivity index (χ2v) is 10.1. The fraction of sp³-hybridized carbons (Fsp3) is 0.517. The third-order valence-corrected chi connectivity index (χ3v) is 7.87. The van der Waals surface area contributed by atoms with Crippen LogP contribution in [-0.4, -0.2) is 81.2 Å². The largest absolute Gasteiger partial charge is 0.380 e. The number of piperidine rings is 1. The van der Waals surface area contributed by atoms with Crippen molar-refractivity contribution in [3.05, 3.63) is 65.4 Å². The van der Waals surface area contributed by atoms with Gasteiger partial charge in [-0.1, -0.05) is 42.0 Å². The van der Waals surface area contributed by atoms with Crippen LogP contribution >= 0.6 is 0 Å². The number of benzene rings is 1. The van der Waals surface area contributed by atoms with Gasteiger partial charge in [0.25, 0.3) is 0 Å². The fourth-order valence-corrected chi connectivity index (χ4v) is 5.77. The van der Waals surface area contributed by atoms with Crippen molar-refractivity contribution >= 4 is 11.7 Å². The number of likely N-dealkylation sites (tertiary alicyclic amines) is 1. The zero-order chi connectivity index (χ0) is 27.1. The van der Waals surface area contributed by atoms with Crippen LogP contribution in [0.2, 0.25) is 0 Å². The molecule has 9 nitrogen and oxygen atoms in total. The second-order valence-electron chi connectivity index (χ2n) is 10.1. The van der Waals surface area contributed by atoms with Crippen LogP contribution in [0, 0.1) is 23.2 Å². The van der Waals surface area contributed by atoms with Crippen LogP contribution in [0.15, 0.2) is 54.1 Å². The number of aromatic nitrogens is 2. The van der Waals surface area contributed by atoms with E-state index in [0.717, 1.165) is 17.6 Å². The molecule has 3 heterocycles. The molecule has 2 aliphatic rings. The molecule has 1 aromatic heterocycles. The highest BCUT2D eigenvalue weighted by Crippen LogP contribution is 2.39. The number of rotatable bonds is 9. The lowest BCUT2D eigenvalue weighted by molar-refractivity contribution is -0.171. The minimum Gasteiger partial charge on any atom is -0.380 e. The third kappa shape index (κ3) is 5.73. The smallest absolute Gasteiger partial charge is 0.227 e. The van der Waals surface area contributed by atoms with Gasteiger partial charge in [0.15, 0.2) is 11.5 Å². The van der Waals surface area contributed by atoms with E-state index in [4.69, 9.17) is 19.5 Å². The van der Waals surface area contributed by atoms with Crippen LogP contribution in [0.5, 0.6) is 0 Å². The summed E-state index contributed by atoms with van der Waals surface area (Å²) in [5.74, 6) is 0.703.